The van der Waals surface area contributed by atoms with Crippen molar-refractivity contribution in [1.29, 1.82) is 0 Å². The van der Waals surface area contributed by atoms with Crippen LogP contribution in [0.1, 0.15) is 55.4 Å². The van der Waals surface area contributed by atoms with Crippen molar-refractivity contribution >= 4 is 7.68 Å². The maximum Gasteiger partial charge on any atom is -1.00 e. The van der Waals surface area contributed by atoms with Gasteiger partial charge in [-0.05, 0) is 0 Å². The van der Waals surface area contributed by atoms with Crippen LogP contribution < -0.4 is 28.7 Å². The second-order valence-corrected chi connectivity index (χ2v) is 11.7. The molecule has 0 heterocycles. The largest absolute Gasteiger partial charge is 1.00 e. The second-order valence-electron chi connectivity index (χ2n) is 7.63. The Labute approximate surface area is 188 Å². The number of halogens is 2. The molecule has 3 heteroatoms. The molecule has 0 unspecified atom stereocenters. The van der Waals surface area contributed by atoms with E-state index in [1.165, 1.54) is 47.1 Å². The van der Waals surface area contributed by atoms with Crippen LogP contribution in [0.5, 0.6) is 0 Å². The van der Waals surface area contributed by atoms with E-state index in [1.54, 1.807) is 13.3 Å². The summed E-state index contributed by atoms with van der Waals surface area (Å²) >= 11 is -1.62. The van der Waals surface area contributed by atoms with Gasteiger partial charge in [-0.3, -0.25) is 0 Å². The Morgan fingerprint density at radius 2 is 1.68 bits per heavy atom. The summed E-state index contributed by atoms with van der Waals surface area (Å²) < 4.78 is 5.33. The van der Waals surface area contributed by atoms with Gasteiger partial charge in [0.1, 0.15) is 0 Å². The van der Waals surface area contributed by atoms with Crippen molar-refractivity contribution in [2.24, 2.45) is 0 Å². The molecule has 0 aromatic heterocycles. The molecule has 0 saturated heterocycles. The maximum atomic E-state index is 2.44. The van der Waals surface area contributed by atoms with Crippen LogP contribution in [0, 0.1) is 13.8 Å². The van der Waals surface area contributed by atoms with Gasteiger partial charge in [0, 0.05) is 0 Å². The first kappa shape index (κ1) is 23.4. The molecule has 0 N–H and O–H groups in total. The van der Waals surface area contributed by atoms with Crippen LogP contribution in [-0.4, -0.2) is 3.81 Å². The van der Waals surface area contributed by atoms with E-state index in [1.807, 2.05) is 3.81 Å². The second kappa shape index (κ2) is 9.72. The van der Waals surface area contributed by atoms with Crippen molar-refractivity contribution < 1.29 is 42.2 Å². The quantitative estimate of drug-likeness (QED) is 0.493. The molecular weight excluding hydrogens is 419 g/mol. The molecule has 0 atom stereocenters. The van der Waals surface area contributed by atoms with E-state index < -0.39 is 17.4 Å². The van der Waals surface area contributed by atoms with E-state index in [2.05, 4.69) is 76.3 Å². The average molecular weight is 447 g/mol. The molecule has 0 amide bonds. The van der Waals surface area contributed by atoms with Crippen LogP contribution in [-0.2, 0) is 23.8 Å². The summed E-state index contributed by atoms with van der Waals surface area (Å²) in [6.07, 6.45) is 11.8. The van der Waals surface area contributed by atoms with Gasteiger partial charge >= 0.3 is 164 Å². The van der Waals surface area contributed by atoms with Gasteiger partial charge in [0.2, 0.25) is 0 Å². The Hall–Kier alpha value is -0.916. The fourth-order valence-electron chi connectivity index (χ4n) is 4.67. The Bertz CT molecular complexity index is 974. The molecule has 0 aliphatic heterocycles. The SMILES string of the molecule is CC[C](CC)=[Ti+2]([C]1=CC=CC1)[c]1c(C)ccc2c1Cc1cc(C)ccc1-2.[Cl-].[Cl-]. The first-order valence-corrected chi connectivity index (χ1v) is 12.3. The zero-order valence-corrected chi connectivity index (χ0v) is 20.3. The van der Waals surface area contributed by atoms with Gasteiger partial charge in [0.25, 0.3) is 0 Å². The van der Waals surface area contributed by atoms with E-state index >= 15 is 0 Å². The van der Waals surface area contributed by atoms with E-state index in [9.17, 15) is 0 Å². The van der Waals surface area contributed by atoms with Crippen molar-refractivity contribution in [2.45, 2.75) is 53.4 Å². The third-order valence-corrected chi connectivity index (χ3v) is 11.6. The van der Waals surface area contributed by atoms with Crippen LogP contribution in [0.15, 0.2) is 52.4 Å². The van der Waals surface area contributed by atoms with Gasteiger partial charge in [-0.15, -0.1) is 0 Å². The van der Waals surface area contributed by atoms with Gasteiger partial charge in [-0.2, -0.15) is 0 Å². The first-order valence-electron chi connectivity index (χ1n) is 9.94. The molecule has 0 saturated carbocycles. The molecule has 2 aliphatic rings. The van der Waals surface area contributed by atoms with Crippen molar-refractivity contribution in [3.05, 3.63) is 74.7 Å². The standard InChI is InChI=1S/C15H13.C5H5.C5H10.2ClH.Ti/c1-10-3-5-14-12(7-10)9-13-8-11(2)4-6-15(13)14;1-2-4-5-3-1;1-3-5-4-2;;;/h3-7H,9H2,1-2H3;1-3H,4H2;3-4H2,1-2H3;2*1H;/q;;;;;+2/p-2. The zero-order chi connectivity index (χ0) is 18.3. The fourth-order valence-corrected chi connectivity index (χ4v) is 10.0. The molecule has 0 bridgehead atoms. The monoisotopic (exact) mass is 446 g/mol. The Morgan fingerprint density at radius 1 is 0.964 bits per heavy atom. The van der Waals surface area contributed by atoms with E-state index in [0.29, 0.717) is 0 Å². The number of rotatable bonds is 4. The molecule has 2 aliphatic carbocycles. The molecule has 2 aromatic carbocycles. The summed E-state index contributed by atoms with van der Waals surface area (Å²) in [5, 5.41) is 0. The third kappa shape index (κ3) is 4.03. The van der Waals surface area contributed by atoms with Crippen LogP contribution in [0.4, 0.5) is 0 Å². The topological polar surface area (TPSA) is 0 Å². The molecule has 0 radical (unpaired) electrons. The van der Waals surface area contributed by atoms with E-state index in [4.69, 9.17) is 0 Å². The van der Waals surface area contributed by atoms with Crippen molar-refractivity contribution in [3.63, 3.8) is 0 Å². The van der Waals surface area contributed by atoms with Crippen molar-refractivity contribution in [3.8, 4) is 11.1 Å². The molecular formula is C25H28Cl2Ti. The summed E-state index contributed by atoms with van der Waals surface area (Å²) in [6.45, 7) is 9.29. The average Bonchev–Trinajstić information content (AvgIpc) is 3.27. The van der Waals surface area contributed by atoms with Gasteiger partial charge in [0.05, 0.1) is 0 Å². The Kier molecular flexibility index (Phi) is 8.11. The number of allylic oxidation sites excluding steroid dienone is 4. The summed E-state index contributed by atoms with van der Waals surface area (Å²) in [4.78, 5) is 0. The fraction of sp³-hybridized carbons (Fsp3) is 0.320. The maximum absolute atomic E-state index is 2.44. The Balaban J connectivity index is 0.00000140. The van der Waals surface area contributed by atoms with Gasteiger partial charge < -0.3 is 24.8 Å². The summed E-state index contributed by atoms with van der Waals surface area (Å²) in [5.74, 6) is 0. The number of fused-ring (bicyclic) bond motifs is 3. The smallest absolute Gasteiger partial charge is 1.00 e. The van der Waals surface area contributed by atoms with E-state index in [-0.39, 0.29) is 24.8 Å². The minimum atomic E-state index is -1.62. The molecule has 2 aromatic rings. The number of hydrogen-bond acceptors (Lipinski definition) is 0. The minimum absolute atomic E-state index is 0. The molecule has 0 spiro atoms. The minimum Gasteiger partial charge on any atom is -1.00 e. The summed E-state index contributed by atoms with van der Waals surface area (Å²) in [5.41, 5.74) is 9.05. The molecule has 4 rings (SSSR count). The predicted molar refractivity (Wildman–Crippen MR) is 111 cm³/mol. The Morgan fingerprint density at radius 3 is 2.32 bits per heavy atom. The van der Waals surface area contributed by atoms with Gasteiger partial charge in [-0.1, -0.05) is 0 Å². The van der Waals surface area contributed by atoms with Gasteiger partial charge in [0.15, 0.2) is 0 Å². The van der Waals surface area contributed by atoms with Crippen LogP contribution in [0.25, 0.3) is 11.1 Å². The van der Waals surface area contributed by atoms with Crippen LogP contribution in [0.2, 0.25) is 0 Å². The number of hydrogen-bond donors (Lipinski definition) is 0. The van der Waals surface area contributed by atoms with E-state index in [0.717, 1.165) is 6.42 Å². The van der Waals surface area contributed by atoms with Crippen LogP contribution in [0.3, 0.4) is 0 Å². The van der Waals surface area contributed by atoms with Crippen molar-refractivity contribution in [1.82, 2.24) is 0 Å². The first-order chi connectivity index (χ1) is 12.6. The van der Waals surface area contributed by atoms with Crippen LogP contribution >= 0.6 is 0 Å². The van der Waals surface area contributed by atoms with Gasteiger partial charge in [-0.25, -0.2) is 0 Å². The summed E-state index contributed by atoms with van der Waals surface area (Å²) in [7, 11) is 0. The zero-order valence-electron chi connectivity index (χ0n) is 17.2. The molecule has 28 heavy (non-hydrogen) atoms. The predicted octanol–water partition coefficient (Wildman–Crippen LogP) is -0.0377. The third-order valence-electron chi connectivity index (χ3n) is 5.99. The molecule has 0 fully saturated rings. The molecule has 146 valence electrons. The molecule has 0 nitrogen and oxygen atoms in total. The number of benzene rings is 2. The normalized spacial score (nSPS) is 12.9. The van der Waals surface area contributed by atoms with Crippen molar-refractivity contribution in [2.75, 3.05) is 0 Å². The summed E-state index contributed by atoms with van der Waals surface area (Å²) in [6, 6.07) is 11.8. The number of aryl methyl sites for hydroxylation is 2.